The van der Waals surface area contributed by atoms with Crippen LogP contribution in [0.1, 0.15) is 16.8 Å². The molecule has 110 valence electrons. The maximum absolute atomic E-state index is 11.6. The van der Waals surface area contributed by atoms with Crippen LogP contribution < -0.4 is 10.6 Å². The summed E-state index contributed by atoms with van der Waals surface area (Å²) in [7, 11) is 0. The second-order valence-corrected chi connectivity index (χ2v) is 5.17. The van der Waals surface area contributed by atoms with E-state index in [1.54, 1.807) is 0 Å². The highest BCUT2D eigenvalue weighted by molar-refractivity contribution is 8.00. The Hall–Kier alpha value is -2.33. The molecule has 0 aliphatic carbocycles. The number of urea groups is 1. The standard InChI is InChI=1S/C14H16N4O2S/c1-4-5-16-14(20)18-12(19)8-21-13-11(7-15)9(2)6-10(3)17-13/h4,6H,1,5,8H2,2-3H3,(H2,16,18,19,20). The zero-order chi connectivity index (χ0) is 15.8. The van der Waals surface area contributed by atoms with Crippen LogP contribution in [0, 0.1) is 25.2 Å². The van der Waals surface area contributed by atoms with Gasteiger partial charge in [-0.15, -0.1) is 6.58 Å². The number of carbonyl (C=O) groups is 2. The zero-order valence-electron chi connectivity index (χ0n) is 11.9. The Balaban J connectivity index is 2.63. The van der Waals surface area contributed by atoms with Gasteiger partial charge in [0, 0.05) is 12.2 Å². The molecule has 0 saturated carbocycles. The highest BCUT2D eigenvalue weighted by Gasteiger charge is 2.12. The summed E-state index contributed by atoms with van der Waals surface area (Å²) in [6, 6.07) is 3.31. The molecule has 2 N–H and O–H groups in total. The maximum atomic E-state index is 11.6. The summed E-state index contributed by atoms with van der Waals surface area (Å²) >= 11 is 1.13. The molecule has 3 amide bonds. The van der Waals surface area contributed by atoms with Gasteiger partial charge < -0.3 is 5.32 Å². The summed E-state index contributed by atoms with van der Waals surface area (Å²) < 4.78 is 0. The molecule has 0 fully saturated rings. The monoisotopic (exact) mass is 304 g/mol. The van der Waals surface area contributed by atoms with Crippen molar-refractivity contribution in [1.29, 1.82) is 5.26 Å². The second-order valence-electron chi connectivity index (χ2n) is 4.21. The fourth-order valence-corrected chi connectivity index (χ4v) is 2.45. The number of carbonyl (C=O) groups excluding carboxylic acids is 2. The normalized spacial score (nSPS) is 9.57. The lowest BCUT2D eigenvalue weighted by atomic mass is 10.1. The molecule has 0 aliphatic heterocycles. The Labute approximate surface area is 127 Å². The third kappa shape index (κ3) is 5.28. The van der Waals surface area contributed by atoms with Gasteiger partial charge in [-0.05, 0) is 25.5 Å². The van der Waals surface area contributed by atoms with E-state index < -0.39 is 11.9 Å². The van der Waals surface area contributed by atoms with Gasteiger partial charge in [-0.1, -0.05) is 17.8 Å². The number of imide groups is 1. The van der Waals surface area contributed by atoms with E-state index in [-0.39, 0.29) is 12.3 Å². The average Bonchev–Trinajstić information content (AvgIpc) is 2.42. The third-order valence-corrected chi connectivity index (χ3v) is 3.40. The van der Waals surface area contributed by atoms with Gasteiger partial charge in [-0.25, -0.2) is 9.78 Å². The van der Waals surface area contributed by atoms with Crippen LogP contribution in [0.15, 0.2) is 23.7 Å². The molecule has 0 aromatic carbocycles. The number of thioether (sulfide) groups is 1. The molecule has 0 spiro atoms. The first kappa shape index (κ1) is 16.7. The van der Waals surface area contributed by atoms with Crippen molar-refractivity contribution in [3.05, 3.63) is 35.5 Å². The Morgan fingerprint density at radius 2 is 2.24 bits per heavy atom. The summed E-state index contributed by atoms with van der Waals surface area (Å²) in [5.41, 5.74) is 2.05. The Morgan fingerprint density at radius 3 is 2.86 bits per heavy atom. The maximum Gasteiger partial charge on any atom is 0.321 e. The van der Waals surface area contributed by atoms with Gasteiger partial charge in [0.25, 0.3) is 0 Å². The van der Waals surface area contributed by atoms with Crippen molar-refractivity contribution in [3.8, 4) is 6.07 Å². The van der Waals surface area contributed by atoms with Crippen LogP contribution in [-0.2, 0) is 4.79 Å². The molecule has 1 heterocycles. The van der Waals surface area contributed by atoms with Crippen molar-refractivity contribution >= 4 is 23.7 Å². The predicted molar refractivity (Wildman–Crippen MR) is 80.9 cm³/mol. The largest absolute Gasteiger partial charge is 0.334 e. The first-order chi connectivity index (χ1) is 9.97. The minimum Gasteiger partial charge on any atom is -0.334 e. The molecule has 1 rings (SSSR count). The van der Waals surface area contributed by atoms with Gasteiger partial charge in [-0.2, -0.15) is 5.26 Å². The number of aromatic nitrogens is 1. The molecule has 7 heteroatoms. The van der Waals surface area contributed by atoms with Crippen LogP contribution in [0.2, 0.25) is 0 Å². The Kier molecular flexibility index (Phi) is 6.43. The number of amides is 3. The smallest absolute Gasteiger partial charge is 0.321 e. The predicted octanol–water partition coefficient (Wildman–Crippen LogP) is 1.67. The van der Waals surface area contributed by atoms with E-state index in [1.807, 2.05) is 19.9 Å². The molecule has 0 unspecified atom stereocenters. The van der Waals surface area contributed by atoms with Gasteiger partial charge in [0.1, 0.15) is 11.1 Å². The minimum atomic E-state index is -0.575. The van der Waals surface area contributed by atoms with Crippen molar-refractivity contribution in [2.24, 2.45) is 0 Å². The van der Waals surface area contributed by atoms with Gasteiger partial charge in [0.05, 0.1) is 11.3 Å². The molecule has 0 saturated heterocycles. The molecular formula is C14H16N4O2S. The summed E-state index contributed by atoms with van der Waals surface area (Å²) in [5, 5.41) is 14.2. The number of hydrogen-bond acceptors (Lipinski definition) is 5. The number of pyridine rings is 1. The molecule has 6 nitrogen and oxygen atoms in total. The van der Waals surface area contributed by atoms with Crippen LogP contribution in [-0.4, -0.2) is 29.2 Å². The molecule has 0 atom stereocenters. The first-order valence-corrected chi connectivity index (χ1v) is 7.16. The topological polar surface area (TPSA) is 94.9 Å². The number of aryl methyl sites for hydroxylation is 2. The Bertz CT molecular complexity index is 608. The lowest BCUT2D eigenvalue weighted by molar-refractivity contribution is -0.117. The van der Waals surface area contributed by atoms with Crippen LogP contribution in [0.25, 0.3) is 0 Å². The summed E-state index contributed by atoms with van der Waals surface area (Å²) in [6.07, 6.45) is 1.51. The van der Waals surface area contributed by atoms with E-state index in [2.05, 4.69) is 28.3 Å². The highest BCUT2D eigenvalue weighted by atomic mass is 32.2. The third-order valence-electron chi connectivity index (χ3n) is 2.42. The lowest BCUT2D eigenvalue weighted by Gasteiger charge is -2.07. The number of hydrogen-bond donors (Lipinski definition) is 2. The van der Waals surface area contributed by atoms with Crippen molar-refractivity contribution < 1.29 is 9.59 Å². The van der Waals surface area contributed by atoms with E-state index in [0.29, 0.717) is 10.6 Å². The number of nitrogens with one attached hydrogen (secondary N) is 2. The minimum absolute atomic E-state index is 0.00603. The lowest BCUT2D eigenvalue weighted by Crippen LogP contribution is -2.40. The summed E-state index contributed by atoms with van der Waals surface area (Å²) in [6.45, 7) is 7.37. The number of rotatable bonds is 5. The molecule has 1 aromatic rings. The van der Waals surface area contributed by atoms with Gasteiger partial charge in [-0.3, -0.25) is 10.1 Å². The summed E-state index contributed by atoms with van der Waals surface area (Å²) in [4.78, 5) is 27.2. The molecule has 0 bridgehead atoms. The van der Waals surface area contributed by atoms with E-state index in [1.165, 1.54) is 6.08 Å². The van der Waals surface area contributed by atoms with Crippen molar-refractivity contribution in [2.45, 2.75) is 18.9 Å². The summed E-state index contributed by atoms with van der Waals surface area (Å²) in [5.74, 6) is -0.446. The van der Waals surface area contributed by atoms with Gasteiger partial charge in [0.2, 0.25) is 5.91 Å². The second kappa shape index (κ2) is 8.07. The van der Waals surface area contributed by atoms with Crippen LogP contribution in [0.4, 0.5) is 4.79 Å². The van der Waals surface area contributed by atoms with Crippen LogP contribution in [0.5, 0.6) is 0 Å². The molecule has 21 heavy (non-hydrogen) atoms. The van der Waals surface area contributed by atoms with Crippen LogP contribution in [0.3, 0.4) is 0 Å². The zero-order valence-corrected chi connectivity index (χ0v) is 12.7. The fraction of sp³-hybridized carbons (Fsp3) is 0.286. The van der Waals surface area contributed by atoms with Crippen molar-refractivity contribution in [2.75, 3.05) is 12.3 Å². The van der Waals surface area contributed by atoms with E-state index in [4.69, 9.17) is 5.26 Å². The van der Waals surface area contributed by atoms with E-state index in [0.717, 1.165) is 23.0 Å². The average molecular weight is 304 g/mol. The quantitative estimate of drug-likeness (QED) is 0.637. The molecule has 0 aliphatic rings. The highest BCUT2D eigenvalue weighted by Crippen LogP contribution is 2.23. The Morgan fingerprint density at radius 1 is 1.52 bits per heavy atom. The first-order valence-electron chi connectivity index (χ1n) is 6.17. The number of nitrogens with zero attached hydrogens (tertiary/aromatic N) is 2. The fourth-order valence-electron chi connectivity index (χ4n) is 1.55. The van der Waals surface area contributed by atoms with E-state index in [9.17, 15) is 9.59 Å². The SMILES string of the molecule is C=CCNC(=O)NC(=O)CSc1nc(C)cc(C)c1C#N. The van der Waals surface area contributed by atoms with Crippen molar-refractivity contribution in [1.82, 2.24) is 15.6 Å². The van der Waals surface area contributed by atoms with Gasteiger partial charge in [0.15, 0.2) is 0 Å². The molecular weight excluding hydrogens is 288 g/mol. The molecule has 1 aromatic heterocycles. The molecule has 0 radical (unpaired) electrons. The number of nitriles is 1. The van der Waals surface area contributed by atoms with Crippen LogP contribution >= 0.6 is 11.8 Å². The van der Waals surface area contributed by atoms with Gasteiger partial charge >= 0.3 is 6.03 Å². The van der Waals surface area contributed by atoms with E-state index >= 15 is 0 Å². The van der Waals surface area contributed by atoms with Crippen molar-refractivity contribution in [3.63, 3.8) is 0 Å².